The maximum Gasteiger partial charge on any atom is 0.0510 e. The molecule has 0 saturated carbocycles. The van der Waals surface area contributed by atoms with Gasteiger partial charge >= 0.3 is 0 Å². The number of hydrazine groups is 1. The van der Waals surface area contributed by atoms with Crippen molar-refractivity contribution in [3.63, 3.8) is 0 Å². The van der Waals surface area contributed by atoms with Crippen molar-refractivity contribution in [1.29, 1.82) is 0 Å². The highest BCUT2D eigenvalue weighted by Gasteiger charge is 2.27. The van der Waals surface area contributed by atoms with Crippen LogP contribution >= 0.6 is 0 Å². The minimum Gasteiger partial charge on any atom is -0.400 e. The Kier molecular flexibility index (Phi) is 5.52. The van der Waals surface area contributed by atoms with Gasteiger partial charge in [0.2, 0.25) is 0 Å². The normalized spacial score (nSPS) is 25.4. The molecule has 2 aliphatic rings. The topological polar surface area (TPSA) is 44.5 Å². The Morgan fingerprint density at radius 1 is 1.32 bits per heavy atom. The van der Waals surface area contributed by atoms with Crippen LogP contribution in [0.1, 0.15) is 52.4 Å². The van der Waals surface area contributed by atoms with Gasteiger partial charge < -0.3 is 10.7 Å². The van der Waals surface area contributed by atoms with E-state index in [0.29, 0.717) is 6.04 Å². The molecule has 2 rings (SSSR count). The first-order valence-corrected chi connectivity index (χ1v) is 7.95. The van der Waals surface area contributed by atoms with Crippen LogP contribution in [0.3, 0.4) is 0 Å². The lowest BCUT2D eigenvalue weighted by molar-refractivity contribution is 0.205. The highest BCUT2D eigenvalue weighted by molar-refractivity contribution is 5.16. The van der Waals surface area contributed by atoms with Crippen LogP contribution < -0.4 is 11.2 Å². The van der Waals surface area contributed by atoms with Gasteiger partial charge in [0.1, 0.15) is 0 Å². The summed E-state index contributed by atoms with van der Waals surface area (Å²) in [6, 6.07) is 0.588. The van der Waals surface area contributed by atoms with Crippen molar-refractivity contribution in [2.45, 2.75) is 58.4 Å². The molecule has 3 N–H and O–H groups in total. The molecule has 0 aromatic heterocycles. The van der Waals surface area contributed by atoms with Gasteiger partial charge in [0.15, 0.2) is 0 Å². The molecular formula is C15H30N4. The van der Waals surface area contributed by atoms with E-state index >= 15 is 0 Å². The third kappa shape index (κ3) is 3.86. The number of nitrogens with zero attached hydrogens (tertiary/aromatic N) is 2. The third-order valence-corrected chi connectivity index (χ3v) is 4.33. The van der Waals surface area contributed by atoms with Crippen LogP contribution in [0.15, 0.2) is 11.4 Å². The van der Waals surface area contributed by atoms with Crippen LogP contribution in [-0.2, 0) is 0 Å². The number of nitrogens with two attached hydrogens (primary N) is 1. The quantitative estimate of drug-likeness (QED) is 0.722. The van der Waals surface area contributed by atoms with Gasteiger partial charge in [-0.05, 0) is 26.3 Å². The molecule has 0 aliphatic carbocycles. The molecule has 0 spiro atoms. The van der Waals surface area contributed by atoms with Gasteiger partial charge in [-0.25, -0.2) is 5.43 Å². The molecule has 19 heavy (non-hydrogen) atoms. The predicted molar refractivity (Wildman–Crippen MR) is 80.3 cm³/mol. The first kappa shape index (κ1) is 14.7. The first-order valence-electron chi connectivity index (χ1n) is 7.95. The molecule has 0 aromatic rings. The fourth-order valence-electron chi connectivity index (χ4n) is 3.10. The minimum atomic E-state index is 0.588. The molecule has 2 heterocycles. The monoisotopic (exact) mass is 266 g/mol. The Bertz CT molecular complexity index is 313. The Balaban J connectivity index is 1.81. The molecule has 1 atom stereocenters. The van der Waals surface area contributed by atoms with E-state index in [4.69, 9.17) is 5.73 Å². The van der Waals surface area contributed by atoms with Crippen LogP contribution in [0.2, 0.25) is 0 Å². The first-order chi connectivity index (χ1) is 9.22. The maximum atomic E-state index is 6.30. The average Bonchev–Trinajstić information content (AvgIpc) is 2.81. The van der Waals surface area contributed by atoms with Crippen molar-refractivity contribution in [2.24, 2.45) is 5.73 Å². The van der Waals surface area contributed by atoms with Gasteiger partial charge in [-0.3, -0.25) is 4.90 Å². The Morgan fingerprint density at radius 2 is 2.16 bits per heavy atom. The largest absolute Gasteiger partial charge is 0.400 e. The van der Waals surface area contributed by atoms with E-state index in [0.717, 1.165) is 31.8 Å². The van der Waals surface area contributed by atoms with Crippen LogP contribution in [0, 0.1) is 0 Å². The highest BCUT2D eigenvalue weighted by atomic mass is 15.5. The zero-order valence-electron chi connectivity index (χ0n) is 12.6. The van der Waals surface area contributed by atoms with Crippen LogP contribution in [-0.4, -0.2) is 42.1 Å². The molecule has 0 bridgehead atoms. The fourth-order valence-corrected chi connectivity index (χ4v) is 3.10. The lowest BCUT2D eigenvalue weighted by Gasteiger charge is -2.35. The Hall–Kier alpha value is -0.740. The van der Waals surface area contributed by atoms with Crippen LogP contribution in [0.5, 0.6) is 0 Å². The van der Waals surface area contributed by atoms with E-state index < -0.39 is 0 Å². The Labute approximate surface area is 118 Å². The van der Waals surface area contributed by atoms with Gasteiger partial charge in [-0.15, -0.1) is 0 Å². The average molecular weight is 266 g/mol. The zero-order chi connectivity index (χ0) is 13.7. The van der Waals surface area contributed by atoms with E-state index in [1.54, 1.807) is 0 Å². The lowest BCUT2D eigenvalue weighted by Crippen LogP contribution is -2.43. The summed E-state index contributed by atoms with van der Waals surface area (Å²) < 4.78 is 0. The molecular weight excluding hydrogens is 236 g/mol. The molecule has 0 radical (unpaired) electrons. The number of rotatable bonds is 6. The molecule has 4 heteroatoms. The highest BCUT2D eigenvalue weighted by Crippen LogP contribution is 2.23. The fraction of sp³-hybridized carbons (Fsp3) is 0.867. The maximum absolute atomic E-state index is 6.30. The van der Waals surface area contributed by atoms with Gasteiger partial charge in [0, 0.05) is 37.8 Å². The van der Waals surface area contributed by atoms with E-state index in [1.165, 1.54) is 44.3 Å². The smallest absolute Gasteiger partial charge is 0.0510 e. The van der Waals surface area contributed by atoms with E-state index in [2.05, 4.69) is 29.2 Å². The zero-order valence-corrected chi connectivity index (χ0v) is 12.6. The molecule has 2 aliphatic heterocycles. The number of hydrogen-bond donors (Lipinski definition) is 2. The van der Waals surface area contributed by atoms with Crippen molar-refractivity contribution in [3.8, 4) is 0 Å². The lowest BCUT2D eigenvalue weighted by atomic mass is 10.1. The summed E-state index contributed by atoms with van der Waals surface area (Å²) in [6.07, 6.45) is 7.65. The summed E-state index contributed by atoms with van der Waals surface area (Å²) in [5, 5.41) is 2.31. The number of unbranched alkanes of at least 4 members (excludes halogenated alkanes) is 3. The summed E-state index contributed by atoms with van der Waals surface area (Å²) in [5.74, 6) is 0. The molecule has 1 fully saturated rings. The van der Waals surface area contributed by atoms with Gasteiger partial charge in [0.25, 0.3) is 0 Å². The molecule has 0 amide bonds. The summed E-state index contributed by atoms with van der Waals surface area (Å²) >= 11 is 0. The van der Waals surface area contributed by atoms with Crippen molar-refractivity contribution in [1.82, 2.24) is 15.3 Å². The second-order valence-corrected chi connectivity index (χ2v) is 5.97. The summed E-state index contributed by atoms with van der Waals surface area (Å²) in [7, 11) is 0. The number of nitrogens with one attached hydrogen (secondary N) is 1. The van der Waals surface area contributed by atoms with Crippen LogP contribution in [0.4, 0.5) is 0 Å². The van der Waals surface area contributed by atoms with Crippen molar-refractivity contribution < 1.29 is 0 Å². The van der Waals surface area contributed by atoms with Gasteiger partial charge in [0.05, 0.1) is 5.70 Å². The molecule has 1 unspecified atom stereocenters. The summed E-state index contributed by atoms with van der Waals surface area (Å²) in [5.41, 5.74) is 12.2. The van der Waals surface area contributed by atoms with Crippen molar-refractivity contribution in [2.75, 3.05) is 26.2 Å². The molecule has 4 nitrogen and oxygen atoms in total. The Morgan fingerprint density at radius 3 is 2.79 bits per heavy atom. The second kappa shape index (κ2) is 7.15. The molecule has 1 saturated heterocycles. The van der Waals surface area contributed by atoms with Crippen LogP contribution in [0.25, 0.3) is 0 Å². The van der Waals surface area contributed by atoms with E-state index in [9.17, 15) is 0 Å². The molecule has 0 aromatic carbocycles. The SMILES string of the molecule is CCCCCCN1CCC(N2NCCC2C)=C(N)C1. The van der Waals surface area contributed by atoms with Crippen molar-refractivity contribution in [3.05, 3.63) is 11.4 Å². The minimum absolute atomic E-state index is 0.588. The van der Waals surface area contributed by atoms with Gasteiger partial charge in [-0.2, -0.15) is 0 Å². The van der Waals surface area contributed by atoms with Crippen molar-refractivity contribution >= 4 is 0 Å². The summed E-state index contributed by atoms with van der Waals surface area (Å²) in [4.78, 5) is 2.51. The van der Waals surface area contributed by atoms with Gasteiger partial charge in [-0.1, -0.05) is 26.2 Å². The van der Waals surface area contributed by atoms with E-state index in [-0.39, 0.29) is 0 Å². The molecule has 110 valence electrons. The van der Waals surface area contributed by atoms with E-state index in [1.807, 2.05) is 0 Å². The standard InChI is InChI=1S/C15H30N4/c1-3-4-5-6-10-18-11-8-15(14(16)12-18)19-13(2)7-9-17-19/h13,17H,3-12,16H2,1-2H3. The summed E-state index contributed by atoms with van der Waals surface area (Å²) in [6.45, 7) is 8.94. The second-order valence-electron chi connectivity index (χ2n) is 5.97. The predicted octanol–water partition coefficient (Wildman–Crippen LogP) is 2.04. The third-order valence-electron chi connectivity index (χ3n) is 4.33. The number of hydrogen-bond acceptors (Lipinski definition) is 4.